The van der Waals surface area contributed by atoms with E-state index in [2.05, 4.69) is 10.3 Å². The summed E-state index contributed by atoms with van der Waals surface area (Å²) >= 11 is 1.90. The van der Waals surface area contributed by atoms with Crippen LogP contribution in [-0.2, 0) is 9.53 Å². The third kappa shape index (κ3) is 3.38. The third-order valence-corrected chi connectivity index (χ3v) is 2.59. The largest absolute Gasteiger partial charge is 0.372 e. The van der Waals surface area contributed by atoms with Gasteiger partial charge in [0.1, 0.15) is 17.7 Å². The van der Waals surface area contributed by atoms with E-state index in [9.17, 15) is 9.18 Å². The van der Waals surface area contributed by atoms with E-state index in [0.29, 0.717) is 9.39 Å². The molecule has 1 unspecified atom stereocenters. The SMILES string of the molecule is COC(C)C(=O)Nc1ncc(F)cc1I. The lowest BCUT2D eigenvalue weighted by Gasteiger charge is -2.10. The number of carbonyl (C=O) groups excluding carboxylic acids is 1. The van der Waals surface area contributed by atoms with Crippen LogP contribution in [0, 0.1) is 9.39 Å². The van der Waals surface area contributed by atoms with Crippen LogP contribution in [0.25, 0.3) is 0 Å². The Kier molecular flexibility index (Phi) is 4.40. The first-order valence-corrected chi connectivity index (χ1v) is 5.27. The van der Waals surface area contributed by atoms with Gasteiger partial charge in [-0.2, -0.15) is 0 Å². The lowest BCUT2D eigenvalue weighted by atomic mass is 10.3. The number of anilines is 1. The zero-order chi connectivity index (χ0) is 11.4. The van der Waals surface area contributed by atoms with Crippen molar-refractivity contribution in [2.24, 2.45) is 0 Å². The van der Waals surface area contributed by atoms with Gasteiger partial charge in [-0.25, -0.2) is 9.37 Å². The molecule has 0 saturated carbocycles. The van der Waals surface area contributed by atoms with Crippen molar-refractivity contribution in [1.82, 2.24) is 4.98 Å². The third-order valence-electron chi connectivity index (χ3n) is 1.77. The first-order valence-electron chi connectivity index (χ1n) is 4.19. The highest BCUT2D eigenvalue weighted by Gasteiger charge is 2.13. The summed E-state index contributed by atoms with van der Waals surface area (Å²) < 4.78 is 18.1. The Balaban J connectivity index is 2.77. The molecular weight excluding hydrogens is 314 g/mol. The number of hydrogen-bond donors (Lipinski definition) is 1. The molecule has 0 saturated heterocycles. The monoisotopic (exact) mass is 324 g/mol. The molecule has 1 aromatic heterocycles. The van der Waals surface area contributed by atoms with Crippen molar-refractivity contribution in [1.29, 1.82) is 0 Å². The number of pyridine rings is 1. The first-order chi connectivity index (χ1) is 7.04. The van der Waals surface area contributed by atoms with Gasteiger partial charge < -0.3 is 10.1 Å². The maximum atomic E-state index is 12.7. The van der Waals surface area contributed by atoms with E-state index in [1.54, 1.807) is 6.92 Å². The van der Waals surface area contributed by atoms with Gasteiger partial charge in [-0.15, -0.1) is 0 Å². The standard InChI is InChI=1S/C9H10FIN2O2/c1-5(15-2)9(14)13-8-7(11)3-6(10)4-12-8/h3-5H,1-2H3,(H,12,13,14). The number of rotatable bonds is 3. The lowest BCUT2D eigenvalue weighted by Crippen LogP contribution is -2.27. The lowest BCUT2D eigenvalue weighted by molar-refractivity contribution is -0.124. The Labute approximate surface area is 100 Å². The fraction of sp³-hybridized carbons (Fsp3) is 0.333. The fourth-order valence-electron chi connectivity index (χ4n) is 0.832. The normalized spacial score (nSPS) is 12.3. The smallest absolute Gasteiger partial charge is 0.254 e. The number of carbonyl (C=O) groups is 1. The van der Waals surface area contributed by atoms with Crippen LogP contribution < -0.4 is 5.32 Å². The van der Waals surface area contributed by atoms with E-state index in [1.165, 1.54) is 13.2 Å². The molecule has 0 aliphatic heterocycles. The van der Waals surface area contributed by atoms with Crippen LogP contribution in [0.15, 0.2) is 12.3 Å². The van der Waals surface area contributed by atoms with Gasteiger partial charge in [0.2, 0.25) is 0 Å². The molecule has 0 bridgehead atoms. The average molecular weight is 324 g/mol. The zero-order valence-corrected chi connectivity index (χ0v) is 10.4. The maximum Gasteiger partial charge on any atom is 0.254 e. The Bertz CT molecular complexity index is 373. The molecule has 1 heterocycles. The number of amides is 1. The molecule has 0 spiro atoms. The summed E-state index contributed by atoms with van der Waals surface area (Å²) in [5.74, 6) is -0.405. The number of halogens is 2. The summed E-state index contributed by atoms with van der Waals surface area (Å²) in [6.45, 7) is 1.62. The number of ether oxygens (including phenoxy) is 1. The number of nitrogens with zero attached hydrogens (tertiary/aromatic N) is 1. The van der Waals surface area contributed by atoms with E-state index in [1.807, 2.05) is 22.6 Å². The van der Waals surface area contributed by atoms with Crippen molar-refractivity contribution in [2.75, 3.05) is 12.4 Å². The minimum atomic E-state index is -0.562. The summed E-state index contributed by atoms with van der Waals surface area (Å²) in [5, 5.41) is 2.54. The van der Waals surface area contributed by atoms with Crippen LogP contribution in [0.3, 0.4) is 0 Å². The molecule has 1 N–H and O–H groups in total. The second-order valence-corrected chi connectivity index (χ2v) is 4.01. The van der Waals surface area contributed by atoms with E-state index in [4.69, 9.17) is 4.74 Å². The highest BCUT2D eigenvalue weighted by Crippen LogP contribution is 2.16. The molecule has 82 valence electrons. The molecule has 1 rings (SSSR count). The summed E-state index contributed by atoms with van der Waals surface area (Å²) in [7, 11) is 1.44. The van der Waals surface area contributed by atoms with E-state index < -0.39 is 11.9 Å². The first kappa shape index (κ1) is 12.3. The van der Waals surface area contributed by atoms with Crippen LogP contribution in [0.5, 0.6) is 0 Å². The number of nitrogens with one attached hydrogen (secondary N) is 1. The molecule has 0 radical (unpaired) electrons. The van der Waals surface area contributed by atoms with Crippen molar-refractivity contribution in [3.05, 3.63) is 21.7 Å². The summed E-state index contributed by atoms with van der Waals surface area (Å²) in [6.07, 6.45) is 0.488. The minimum absolute atomic E-state index is 0.311. The minimum Gasteiger partial charge on any atom is -0.372 e. The highest BCUT2D eigenvalue weighted by atomic mass is 127. The second kappa shape index (κ2) is 5.36. The maximum absolute atomic E-state index is 12.7. The van der Waals surface area contributed by atoms with Crippen LogP contribution in [-0.4, -0.2) is 24.1 Å². The van der Waals surface area contributed by atoms with Crippen LogP contribution in [0.4, 0.5) is 10.2 Å². The van der Waals surface area contributed by atoms with Crippen LogP contribution >= 0.6 is 22.6 Å². The van der Waals surface area contributed by atoms with Crippen molar-refractivity contribution >= 4 is 34.3 Å². The van der Waals surface area contributed by atoms with Gasteiger partial charge in [0.25, 0.3) is 5.91 Å². The fourth-order valence-corrected chi connectivity index (χ4v) is 1.40. The molecule has 0 aliphatic rings. The molecule has 6 heteroatoms. The average Bonchev–Trinajstić information content (AvgIpc) is 2.20. The topological polar surface area (TPSA) is 51.2 Å². The molecule has 4 nitrogen and oxygen atoms in total. The summed E-state index contributed by atoms with van der Waals surface area (Å²) in [5.41, 5.74) is 0. The Hall–Kier alpha value is -0.760. The van der Waals surface area contributed by atoms with Gasteiger partial charge in [-0.1, -0.05) is 0 Å². The van der Waals surface area contributed by atoms with Gasteiger partial charge in [0.15, 0.2) is 0 Å². The Morgan fingerprint density at radius 1 is 1.73 bits per heavy atom. The number of hydrogen-bond acceptors (Lipinski definition) is 3. The predicted octanol–water partition coefficient (Wildman–Crippen LogP) is 1.80. The summed E-state index contributed by atoms with van der Waals surface area (Å²) in [4.78, 5) is 15.2. The van der Waals surface area contributed by atoms with E-state index >= 15 is 0 Å². The van der Waals surface area contributed by atoms with Crippen LogP contribution in [0.2, 0.25) is 0 Å². The van der Waals surface area contributed by atoms with E-state index in [-0.39, 0.29) is 5.91 Å². The number of aromatic nitrogens is 1. The highest BCUT2D eigenvalue weighted by molar-refractivity contribution is 14.1. The second-order valence-electron chi connectivity index (χ2n) is 2.85. The van der Waals surface area contributed by atoms with Crippen LogP contribution in [0.1, 0.15) is 6.92 Å². The molecule has 15 heavy (non-hydrogen) atoms. The van der Waals surface area contributed by atoms with Crippen molar-refractivity contribution in [2.45, 2.75) is 13.0 Å². The Morgan fingerprint density at radius 3 is 2.93 bits per heavy atom. The molecule has 0 aliphatic carbocycles. The molecule has 1 amide bonds. The molecule has 1 aromatic rings. The molecule has 1 atom stereocenters. The quantitative estimate of drug-likeness (QED) is 0.863. The van der Waals surface area contributed by atoms with Crippen molar-refractivity contribution in [3.63, 3.8) is 0 Å². The molecule has 0 fully saturated rings. The van der Waals surface area contributed by atoms with Gasteiger partial charge in [-0.3, -0.25) is 4.79 Å². The van der Waals surface area contributed by atoms with Gasteiger partial charge in [-0.05, 0) is 35.6 Å². The molecular formula is C9H10FIN2O2. The predicted molar refractivity (Wildman–Crippen MR) is 62.0 cm³/mol. The van der Waals surface area contributed by atoms with Crippen molar-refractivity contribution in [3.8, 4) is 0 Å². The Morgan fingerprint density at radius 2 is 2.40 bits per heavy atom. The van der Waals surface area contributed by atoms with Gasteiger partial charge >= 0.3 is 0 Å². The van der Waals surface area contributed by atoms with Gasteiger partial charge in [0, 0.05) is 7.11 Å². The van der Waals surface area contributed by atoms with Crippen molar-refractivity contribution < 1.29 is 13.9 Å². The molecule has 0 aromatic carbocycles. The number of methoxy groups -OCH3 is 1. The summed E-state index contributed by atoms with van der Waals surface area (Å²) in [6, 6.07) is 1.29. The van der Waals surface area contributed by atoms with E-state index in [0.717, 1.165) is 6.20 Å². The zero-order valence-electron chi connectivity index (χ0n) is 8.25. The van der Waals surface area contributed by atoms with Gasteiger partial charge in [0.05, 0.1) is 9.77 Å².